The van der Waals surface area contributed by atoms with E-state index in [9.17, 15) is 4.79 Å². The number of hydrogen-bond acceptors (Lipinski definition) is 4. The van der Waals surface area contributed by atoms with Gasteiger partial charge >= 0.3 is 6.09 Å². The highest BCUT2D eigenvalue weighted by Crippen LogP contribution is 2.28. The van der Waals surface area contributed by atoms with Gasteiger partial charge < -0.3 is 14.5 Å². The monoisotopic (exact) mass is 365 g/mol. The van der Waals surface area contributed by atoms with Crippen LogP contribution < -0.4 is 9.80 Å². The first-order valence-corrected chi connectivity index (χ1v) is 9.18. The molecule has 0 radical (unpaired) electrons. The van der Waals surface area contributed by atoms with Gasteiger partial charge in [0.05, 0.1) is 13.2 Å². The van der Waals surface area contributed by atoms with Crippen molar-refractivity contribution in [2.24, 2.45) is 0 Å². The van der Waals surface area contributed by atoms with E-state index in [1.807, 2.05) is 36.5 Å². The SMILES string of the molecule is Cc1cc(C)c(N2C=CN(CCOC(=O)N(C)c3ccccc3)C2)c(C)c1. The van der Waals surface area contributed by atoms with Gasteiger partial charge in [-0.25, -0.2) is 4.79 Å². The molecule has 1 aliphatic rings. The summed E-state index contributed by atoms with van der Waals surface area (Å²) in [4.78, 5) is 18.1. The Morgan fingerprint density at radius 3 is 2.41 bits per heavy atom. The molecule has 3 rings (SSSR count). The number of ether oxygens (including phenoxy) is 1. The van der Waals surface area contributed by atoms with Crippen molar-refractivity contribution in [3.63, 3.8) is 0 Å². The van der Waals surface area contributed by atoms with E-state index in [0.29, 0.717) is 13.2 Å². The van der Waals surface area contributed by atoms with Gasteiger partial charge in [0, 0.05) is 30.8 Å². The van der Waals surface area contributed by atoms with Gasteiger partial charge in [0.1, 0.15) is 6.61 Å². The second-order valence-corrected chi connectivity index (χ2v) is 6.98. The van der Waals surface area contributed by atoms with Crippen molar-refractivity contribution in [2.75, 3.05) is 36.7 Å². The van der Waals surface area contributed by atoms with Crippen molar-refractivity contribution in [1.82, 2.24) is 4.90 Å². The zero-order valence-electron chi connectivity index (χ0n) is 16.5. The molecule has 0 spiro atoms. The Morgan fingerprint density at radius 2 is 1.74 bits per heavy atom. The molecule has 1 aliphatic heterocycles. The summed E-state index contributed by atoms with van der Waals surface area (Å²) in [6.07, 6.45) is 3.79. The lowest BCUT2D eigenvalue weighted by molar-refractivity contribution is 0.145. The summed E-state index contributed by atoms with van der Waals surface area (Å²) in [5.41, 5.74) is 5.90. The van der Waals surface area contributed by atoms with Crippen LogP contribution in [0.5, 0.6) is 0 Å². The molecule has 0 atom stereocenters. The lowest BCUT2D eigenvalue weighted by Crippen LogP contribution is -2.32. The van der Waals surface area contributed by atoms with Crippen molar-refractivity contribution < 1.29 is 9.53 Å². The van der Waals surface area contributed by atoms with Crippen LogP contribution in [-0.4, -0.2) is 37.9 Å². The predicted molar refractivity (Wildman–Crippen MR) is 110 cm³/mol. The highest BCUT2D eigenvalue weighted by molar-refractivity contribution is 5.86. The smallest absolute Gasteiger partial charge is 0.414 e. The number of hydrogen-bond donors (Lipinski definition) is 0. The van der Waals surface area contributed by atoms with Crippen molar-refractivity contribution in [3.05, 3.63) is 71.6 Å². The molecule has 0 saturated carbocycles. The summed E-state index contributed by atoms with van der Waals surface area (Å²) in [6.45, 7) is 8.18. The Bertz CT molecular complexity index is 810. The Kier molecular flexibility index (Phi) is 5.69. The van der Waals surface area contributed by atoms with E-state index in [4.69, 9.17) is 4.74 Å². The molecule has 142 valence electrons. The molecule has 1 heterocycles. The minimum Gasteiger partial charge on any atom is -0.447 e. The molecule has 0 saturated heterocycles. The Hall–Kier alpha value is -2.95. The maximum atomic E-state index is 12.2. The number of rotatable bonds is 5. The summed E-state index contributed by atoms with van der Waals surface area (Å²) in [5.74, 6) is 0. The summed E-state index contributed by atoms with van der Waals surface area (Å²) in [6, 6.07) is 13.9. The number of amides is 1. The van der Waals surface area contributed by atoms with Crippen molar-refractivity contribution >= 4 is 17.5 Å². The van der Waals surface area contributed by atoms with Crippen LogP contribution in [0.4, 0.5) is 16.2 Å². The average Bonchev–Trinajstić information content (AvgIpc) is 3.09. The van der Waals surface area contributed by atoms with Crippen LogP contribution in [0, 0.1) is 20.8 Å². The molecule has 2 aromatic carbocycles. The number of carbonyl (C=O) groups is 1. The standard InChI is InChI=1S/C22H27N3O2/c1-17-14-18(2)21(19(3)15-17)25-11-10-24(16-25)12-13-27-22(26)23(4)20-8-6-5-7-9-20/h5-11,14-15H,12-13,16H2,1-4H3. The molecule has 27 heavy (non-hydrogen) atoms. The first kappa shape index (κ1) is 18.8. The van der Waals surface area contributed by atoms with Crippen LogP contribution in [0.1, 0.15) is 16.7 Å². The first-order chi connectivity index (χ1) is 13.0. The molecule has 0 aliphatic carbocycles. The van der Waals surface area contributed by atoms with E-state index in [2.05, 4.69) is 48.9 Å². The minimum absolute atomic E-state index is 0.341. The van der Waals surface area contributed by atoms with E-state index in [1.54, 1.807) is 7.05 Å². The fourth-order valence-corrected chi connectivity index (χ4v) is 3.48. The number of anilines is 2. The molecule has 0 unspecified atom stereocenters. The number of benzene rings is 2. The highest BCUT2D eigenvalue weighted by atomic mass is 16.6. The summed E-state index contributed by atoms with van der Waals surface area (Å²) >= 11 is 0. The first-order valence-electron chi connectivity index (χ1n) is 9.18. The lowest BCUT2D eigenvalue weighted by Gasteiger charge is -2.25. The Morgan fingerprint density at radius 1 is 1.07 bits per heavy atom. The third-order valence-electron chi connectivity index (χ3n) is 4.74. The molecule has 5 heteroatoms. The quantitative estimate of drug-likeness (QED) is 0.785. The van der Waals surface area contributed by atoms with E-state index >= 15 is 0 Å². The molecule has 0 aromatic heterocycles. The van der Waals surface area contributed by atoms with Crippen molar-refractivity contribution in [1.29, 1.82) is 0 Å². The molecule has 2 aromatic rings. The maximum absolute atomic E-state index is 12.2. The highest BCUT2D eigenvalue weighted by Gasteiger charge is 2.18. The molecular weight excluding hydrogens is 338 g/mol. The van der Waals surface area contributed by atoms with Gasteiger partial charge in [-0.05, 0) is 44.0 Å². The zero-order chi connectivity index (χ0) is 19.4. The molecule has 0 fully saturated rings. The largest absolute Gasteiger partial charge is 0.447 e. The summed E-state index contributed by atoms with van der Waals surface area (Å²) < 4.78 is 5.42. The molecule has 0 bridgehead atoms. The molecular formula is C22H27N3O2. The Labute approximate surface area is 161 Å². The van der Waals surface area contributed by atoms with Crippen LogP contribution in [0.15, 0.2) is 54.9 Å². The van der Waals surface area contributed by atoms with E-state index < -0.39 is 0 Å². The van der Waals surface area contributed by atoms with E-state index in [1.165, 1.54) is 27.3 Å². The number of nitrogens with zero attached hydrogens (tertiary/aromatic N) is 3. The predicted octanol–water partition coefficient (Wildman–Crippen LogP) is 4.44. The van der Waals surface area contributed by atoms with Crippen LogP contribution in [0.3, 0.4) is 0 Å². The van der Waals surface area contributed by atoms with E-state index in [0.717, 1.165) is 12.4 Å². The molecule has 1 amide bonds. The van der Waals surface area contributed by atoms with Gasteiger partial charge in [-0.1, -0.05) is 35.9 Å². The topological polar surface area (TPSA) is 36.0 Å². The van der Waals surface area contributed by atoms with Crippen LogP contribution in [-0.2, 0) is 4.74 Å². The number of aryl methyl sites for hydroxylation is 3. The van der Waals surface area contributed by atoms with Crippen LogP contribution in [0.2, 0.25) is 0 Å². The van der Waals surface area contributed by atoms with Crippen LogP contribution in [0.25, 0.3) is 0 Å². The van der Waals surface area contributed by atoms with Gasteiger partial charge in [0.25, 0.3) is 0 Å². The Balaban J connectivity index is 1.50. The maximum Gasteiger partial charge on any atom is 0.414 e. The third-order valence-corrected chi connectivity index (χ3v) is 4.74. The minimum atomic E-state index is -0.341. The second-order valence-electron chi connectivity index (χ2n) is 6.98. The van der Waals surface area contributed by atoms with Gasteiger partial charge in [-0.2, -0.15) is 0 Å². The second kappa shape index (κ2) is 8.16. The van der Waals surface area contributed by atoms with Gasteiger partial charge in [-0.3, -0.25) is 4.90 Å². The third kappa shape index (κ3) is 4.42. The zero-order valence-corrected chi connectivity index (χ0v) is 16.5. The van der Waals surface area contributed by atoms with Crippen LogP contribution >= 0.6 is 0 Å². The number of carbonyl (C=O) groups excluding carboxylic acids is 1. The lowest BCUT2D eigenvalue weighted by atomic mass is 10.0. The van der Waals surface area contributed by atoms with Crippen molar-refractivity contribution in [3.8, 4) is 0 Å². The fraction of sp³-hybridized carbons (Fsp3) is 0.318. The molecule has 5 nitrogen and oxygen atoms in total. The van der Waals surface area contributed by atoms with Crippen molar-refractivity contribution in [2.45, 2.75) is 20.8 Å². The summed E-state index contributed by atoms with van der Waals surface area (Å²) in [5, 5.41) is 0. The van der Waals surface area contributed by atoms with Gasteiger partial charge in [0.2, 0.25) is 0 Å². The normalized spacial score (nSPS) is 13.2. The van der Waals surface area contributed by atoms with Gasteiger partial charge in [-0.15, -0.1) is 0 Å². The van der Waals surface area contributed by atoms with Gasteiger partial charge in [0.15, 0.2) is 0 Å². The fourth-order valence-electron chi connectivity index (χ4n) is 3.48. The molecule has 0 N–H and O–H groups in total. The number of para-hydroxylation sites is 1. The average molecular weight is 365 g/mol. The van der Waals surface area contributed by atoms with E-state index in [-0.39, 0.29) is 6.09 Å². The summed E-state index contributed by atoms with van der Waals surface area (Å²) in [7, 11) is 1.72.